The maximum atomic E-state index is 12.6. The Hall–Kier alpha value is -2.89. The largest absolute Gasteiger partial charge is 0.343 e. The number of urea groups is 1. The number of anilines is 1. The zero-order valence-electron chi connectivity index (χ0n) is 14.6. The summed E-state index contributed by atoms with van der Waals surface area (Å²) in [6.07, 6.45) is 1.53. The van der Waals surface area contributed by atoms with Crippen molar-refractivity contribution in [3.8, 4) is 0 Å². The van der Waals surface area contributed by atoms with Gasteiger partial charge in [-0.3, -0.25) is 9.78 Å². The molecule has 3 amide bonds. The highest BCUT2D eigenvalue weighted by Crippen LogP contribution is 2.38. The van der Waals surface area contributed by atoms with Crippen LogP contribution in [0, 0.1) is 5.92 Å². The van der Waals surface area contributed by atoms with E-state index >= 15 is 0 Å². The van der Waals surface area contributed by atoms with Crippen LogP contribution in [0.3, 0.4) is 0 Å². The third-order valence-electron chi connectivity index (χ3n) is 4.40. The Morgan fingerprint density at radius 3 is 2.56 bits per heavy atom. The quantitative estimate of drug-likeness (QED) is 0.935. The first-order valence-electron chi connectivity index (χ1n) is 8.27. The molecule has 2 heterocycles. The molecule has 1 aromatic carbocycles. The summed E-state index contributed by atoms with van der Waals surface area (Å²) in [4.78, 5) is 32.0. The van der Waals surface area contributed by atoms with Crippen molar-refractivity contribution >= 4 is 17.6 Å². The van der Waals surface area contributed by atoms with E-state index in [2.05, 4.69) is 17.2 Å². The summed E-state index contributed by atoms with van der Waals surface area (Å²) in [5.41, 5.74) is 2.01. The van der Waals surface area contributed by atoms with Crippen molar-refractivity contribution in [3.63, 3.8) is 0 Å². The standard InChI is InChI=1S/C19H22N4O2/c1-13-12-23(17(13)14-7-5-4-6-8-14)19(25)21-15-9-10-20-16(11-15)18(24)22(2)3/h4-11,13,17H,12H2,1-3H3,(H,20,21,25)/t13-,17-/m1/s1. The molecular formula is C19H22N4O2. The summed E-state index contributed by atoms with van der Waals surface area (Å²) in [6, 6.07) is 13.2. The summed E-state index contributed by atoms with van der Waals surface area (Å²) in [5, 5.41) is 2.87. The van der Waals surface area contributed by atoms with Crippen LogP contribution in [0.1, 0.15) is 29.0 Å². The predicted molar refractivity (Wildman–Crippen MR) is 96.3 cm³/mol. The van der Waals surface area contributed by atoms with Gasteiger partial charge < -0.3 is 15.1 Å². The molecule has 1 aliphatic heterocycles. The summed E-state index contributed by atoms with van der Waals surface area (Å²) in [7, 11) is 3.34. The number of carbonyl (C=O) groups is 2. The lowest BCUT2D eigenvalue weighted by Gasteiger charge is -2.46. The first-order valence-corrected chi connectivity index (χ1v) is 8.27. The molecule has 0 bridgehead atoms. The van der Waals surface area contributed by atoms with Crippen LogP contribution in [0.25, 0.3) is 0 Å². The van der Waals surface area contributed by atoms with E-state index in [9.17, 15) is 9.59 Å². The Morgan fingerprint density at radius 2 is 1.92 bits per heavy atom. The van der Waals surface area contributed by atoms with Crippen molar-refractivity contribution in [3.05, 3.63) is 59.9 Å². The fourth-order valence-corrected chi connectivity index (χ4v) is 3.11. The van der Waals surface area contributed by atoms with Crippen LogP contribution in [-0.2, 0) is 0 Å². The molecule has 1 N–H and O–H groups in total. The molecule has 0 radical (unpaired) electrons. The Morgan fingerprint density at radius 1 is 1.20 bits per heavy atom. The molecule has 1 saturated heterocycles. The topological polar surface area (TPSA) is 65.5 Å². The average molecular weight is 338 g/mol. The molecule has 130 valence electrons. The number of benzene rings is 1. The lowest BCUT2D eigenvalue weighted by atomic mass is 9.85. The molecule has 1 fully saturated rings. The van der Waals surface area contributed by atoms with E-state index in [4.69, 9.17) is 0 Å². The molecule has 25 heavy (non-hydrogen) atoms. The van der Waals surface area contributed by atoms with Crippen LogP contribution in [0.5, 0.6) is 0 Å². The van der Waals surface area contributed by atoms with Crippen molar-refractivity contribution in [1.29, 1.82) is 0 Å². The highest BCUT2D eigenvalue weighted by atomic mass is 16.2. The second-order valence-corrected chi connectivity index (χ2v) is 6.54. The molecule has 0 unspecified atom stereocenters. The van der Waals surface area contributed by atoms with E-state index in [0.717, 1.165) is 5.56 Å². The first-order chi connectivity index (χ1) is 12.0. The van der Waals surface area contributed by atoms with Crippen molar-refractivity contribution in [2.24, 2.45) is 5.92 Å². The average Bonchev–Trinajstić information content (AvgIpc) is 2.59. The summed E-state index contributed by atoms with van der Waals surface area (Å²) < 4.78 is 0. The Balaban J connectivity index is 1.72. The van der Waals surface area contributed by atoms with Crippen LogP contribution in [0.15, 0.2) is 48.7 Å². The van der Waals surface area contributed by atoms with Crippen LogP contribution in [0.4, 0.5) is 10.5 Å². The third kappa shape index (κ3) is 3.47. The number of carbonyl (C=O) groups excluding carboxylic acids is 2. The highest BCUT2D eigenvalue weighted by molar-refractivity contribution is 5.95. The number of hydrogen-bond donors (Lipinski definition) is 1. The lowest BCUT2D eigenvalue weighted by Crippen LogP contribution is -2.53. The van der Waals surface area contributed by atoms with E-state index in [-0.39, 0.29) is 18.0 Å². The Bertz CT molecular complexity index is 776. The third-order valence-corrected chi connectivity index (χ3v) is 4.40. The SMILES string of the molecule is C[C@@H]1CN(C(=O)Nc2ccnc(C(=O)N(C)C)c2)[C@H]1c1ccccc1. The van der Waals surface area contributed by atoms with E-state index in [0.29, 0.717) is 23.8 Å². The van der Waals surface area contributed by atoms with Crippen molar-refractivity contribution < 1.29 is 9.59 Å². The van der Waals surface area contributed by atoms with Gasteiger partial charge in [0.05, 0.1) is 6.04 Å². The number of nitrogens with zero attached hydrogens (tertiary/aromatic N) is 3. The van der Waals surface area contributed by atoms with Gasteiger partial charge in [0.25, 0.3) is 5.91 Å². The number of likely N-dealkylation sites (tertiary alicyclic amines) is 1. The van der Waals surface area contributed by atoms with Gasteiger partial charge >= 0.3 is 6.03 Å². The Kier molecular flexibility index (Phi) is 4.70. The van der Waals surface area contributed by atoms with Gasteiger partial charge in [-0.1, -0.05) is 37.3 Å². The molecular weight excluding hydrogens is 316 g/mol. The van der Waals surface area contributed by atoms with Gasteiger partial charge in [0.1, 0.15) is 5.69 Å². The van der Waals surface area contributed by atoms with E-state index in [1.165, 1.54) is 11.1 Å². The monoisotopic (exact) mass is 338 g/mol. The summed E-state index contributed by atoms with van der Waals surface area (Å²) in [6.45, 7) is 2.85. The maximum Gasteiger partial charge on any atom is 0.322 e. The van der Waals surface area contributed by atoms with Gasteiger partial charge in [-0.05, 0) is 23.6 Å². The first kappa shape index (κ1) is 17.0. The van der Waals surface area contributed by atoms with Gasteiger partial charge in [-0.25, -0.2) is 4.79 Å². The van der Waals surface area contributed by atoms with Gasteiger partial charge in [-0.2, -0.15) is 0 Å². The second-order valence-electron chi connectivity index (χ2n) is 6.54. The number of nitrogens with one attached hydrogen (secondary N) is 1. The zero-order valence-corrected chi connectivity index (χ0v) is 14.6. The van der Waals surface area contributed by atoms with Crippen molar-refractivity contribution in [2.75, 3.05) is 26.0 Å². The van der Waals surface area contributed by atoms with E-state index in [1.807, 2.05) is 35.2 Å². The molecule has 0 aliphatic carbocycles. The lowest BCUT2D eigenvalue weighted by molar-refractivity contribution is 0.0670. The van der Waals surface area contributed by atoms with Crippen molar-refractivity contribution in [1.82, 2.24) is 14.8 Å². The van der Waals surface area contributed by atoms with Crippen LogP contribution in [0.2, 0.25) is 0 Å². The van der Waals surface area contributed by atoms with Gasteiger partial charge in [0.15, 0.2) is 0 Å². The van der Waals surface area contributed by atoms with Gasteiger partial charge in [0.2, 0.25) is 0 Å². The minimum atomic E-state index is -0.198. The predicted octanol–water partition coefficient (Wildman–Crippen LogP) is 3.01. The number of rotatable bonds is 3. The molecule has 6 nitrogen and oxygen atoms in total. The van der Waals surface area contributed by atoms with Crippen LogP contribution >= 0.6 is 0 Å². The van der Waals surface area contributed by atoms with Crippen molar-refractivity contribution in [2.45, 2.75) is 13.0 Å². The molecule has 3 rings (SSSR count). The molecule has 2 atom stereocenters. The number of hydrogen-bond acceptors (Lipinski definition) is 3. The number of amides is 3. The molecule has 0 spiro atoms. The smallest absolute Gasteiger partial charge is 0.322 e. The number of aromatic nitrogens is 1. The molecule has 2 aromatic rings. The maximum absolute atomic E-state index is 12.6. The summed E-state index contributed by atoms with van der Waals surface area (Å²) in [5.74, 6) is 0.215. The van der Waals surface area contributed by atoms with Gasteiger partial charge in [-0.15, -0.1) is 0 Å². The normalized spacial score (nSPS) is 19.1. The highest BCUT2D eigenvalue weighted by Gasteiger charge is 2.39. The molecule has 1 aliphatic rings. The minimum absolute atomic E-state index is 0.0749. The van der Waals surface area contributed by atoms with Gasteiger partial charge in [0, 0.05) is 32.5 Å². The number of pyridine rings is 1. The van der Waals surface area contributed by atoms with Crippen LogP contribution < -0.4 is 5.32 Å². The fraction of sp³-hybridized carbons (Fsp3) is 0.316. The molecule has 6 heteroatoms. The minimum Gasteiger partial charge on any atom is -0.343 e. The zero-order chi connectivity index (χ0) is 18.0. The molecule has 0 saturated carbocycles. The van der Waals surface area contributed by atoms with E-state index in [1.54, 1.807) is 26.2 Å². The van der Waals surface area contributed by atoms with Crippen LogP contribution in [-0.4, -0.2) is 47.4 Å². The Labute approximate surface area is 147 Å². The fourth-order valence-electron chi connectivity index (χ4n) is 3.11. The molecule has 1 aromatic heterocycles. The van der Waals surface area contributed by atoms with E-state index < -0.39 is 0 Å². The summed E-state index contributed by atoms with van der Waals surface area (Å²) >= 11 is 0. The second kappa shape index (κ2) is 6.93.